The fraction of sp³-hybridized carbons (Fsp3) is 0.556. The van der Waals surface area contributed by atoms with Crippen LogP contribution in [0, 0.1) is 0 Å². The molecule has 1 aromatic carbocycles. The Balaban J connectivity index is 0. The standard InChI is InChI=1S/C14H18BrNO2.2C2H6/c1-3-5-9-13(18-4-2)16-14(17)11-7-6-8-12(15)10-11;2*1-2/h6-8,10H,3-5,9H2,1-2H3;2*1-2H3. The summed E-state index contributed by atoms with van der Waals surface area (Å²) in [6.07, 6.45) is 2.74. The molecule has 0 unspecified atom stereocenters. The second-order valence-electron chi connectivity index (χ2n) is 3.86. The fourth-order valence-corrected chi connectivity index (χ4v) is 1.85. The highest BCUT2D eigenvalue weighted by Crippen LogP contribution is 2.13. The molecule has 0 bridgehead atoms. The van der Waals surface area contributed by atoms with Crippen molar-refractivity contribution in [2.24, 2.45) is 4.99 Å². The summed E-state index contributed by atoms with van der Waals surface area (Å²) in [5, 5.41) is 0. The molecule has 0 atom stereocenters. The van der Waals surface area contributed by atoms with Gasteiger partial charge in [-0.3, -0.25) is 4.79 Å². The number of hydrogen-bond donors (Lipinski definition) is 0. The number of nitrogens with zero attached hydrogens (tertiary/aromatic N) is 1. The quantitative estimate of drug-likeness (QED) is 0.451. The highest BCUT2D eigenvalue weighted by molar-refractivity contribution is 9.10. The van der Waals surface area contributed by atoms with Crippen LogP contribution >= 0.6 is 15.9 Å². The first-order chi connectivity index (χ1) is 10.7. The van der Waals surface area contributed by atoms with E-state index < -0.39 is 0 Å². The summed E-state index contributed by atoms with van der Waals surface area (Å²) in [4.78, 5) is 16.0. The molecule has 126 valence electrons. The molecule has 0 fully saturated rings. The van der Waals surface area contributed by atoms with Crippen LogP contribution in [0.2, 0.25) is 0 Å². The first-order valence-corrected chi connectivity index (χ1v) is 8.97. The first-order valence-electron chi connectivity index (χ1n) is 8.17. The number of hydrogen-bond acceptors (Lipinski definition) is 2. The minimum absolute atomic E-state index is 0.254. The van der Waals surface area contributed by atoms with E-state index in [1.807, 2.05) is 46.8 Å². The molecule has 22 heavy (non-hydrogen) atoms. The van der Waals surface area contributed by atoms with Gasteiger partial charge in [0.15, 0.2) is 5.90 Å². The Labute approximate surface area is 144 Å². The fourth-order valence-electron chi connectivity index (χ4n) is 1.45. The molecule has 0 heterocycles. The Morgan fingerprint density at radius 3 is 2.32 bits per heavy atom. The summed E-state index contributed by atoms with van der Waals surface area (Å²) in [5.74, 6) is 0.278. The lowest BCUT2D eigenvalue weighted by Crippen LogP contribution is -2.08. The number of unbranched alkanes of at least 4 members (excludes halogenated alkanes) is 1. The van der Waals surface area contributed by atoms with Gasteiger partial charge < -0.3 is 4.74 Å². The second kappa shape index (κ2) is 16.2. The summed E-state index contributed by atoms with van der Waals surface area (Å²) >= 11 is 3.34. The van der Waals surface area contributed by atoms with Crippen LogP contribution in [-0.4, -0.2) is 18.4 Å². The van der Waals surface area contributed by atoms with Crippen molar-refractivity contribution in [2.75, 3.05) is 6.61 Å². The maximum atomic E-state index is 12.0. The lowest BCUT2D eigenvalue weighted by molar-refractivity contribution is 0.0998. The smallest absolute Gasteiger partial charge is 0.280 e. The monoisotopic (exact) mass is 371 g/mol. The zero-order valence-corrected chi connectivity index (χ0v) is 16.4. The number of halogens is 1. The second-order valence-corrected chi connectivity index (χ2v) is 4.77. The highest BCUT2D eigenvalue weighted by atomic mass is 79.9. The summed E-state index contributed by atoms with van der Waals surface area (Å²) in [6, 6.07) is 7.20. The normalized spacial score (nSPS) is 9.86. The van der Waals surface area contributed by atoms with E-state index >= 15 is 0 Å². The van der Waals surface area contributed by atoms with Crippen molar-refractivity contribution in [3.05, 3.63) is 34.3 Å². The molecule has 3 nitrogen and oxygen atoms in total. The Morgan fingerprint density at radius 1 is 1.18 bits per heavy atom. The van der Waals surface area contributed by atoms with E-state index in [9.17, 15) is 4.79 Å². The molecule has 0 aromatic heterocycles. The number of aliphatic imine (C=N–C) groups is 1. The lowest BCUT2D eigenvalue weighted by atomic mass is 10.2. The molecule has 1 amide bonds. The third kappa shape index (κ3) is 10.6. The van der Waals surface area contributed by atoms with E-state index in [1.54, 1.807) is 12.1 Å². The zero-order chi connectivity index (χ0) is 17.4. The molecule has 0 aliphatic carbocycles. The van der Waals surface area contributed by atoms with Crippen molar-refractivity contribution in [2.45, 2.75) is 60.8 Å². The Morgan fingerprint density at radius 2 is 1.82 bits per heavy atom. The van der Waals surface area contributed by atoms with Crippen LogP contribution in [0.25, 0.3) is 0 Å². The molecule has 0 saturated heterocycles. The Kier molecular flexibility index (Phi) is 17.0. The highest BCUT2D eigenvalue weighted by Gasteiger charge is 2.07. The van der Waals surface area contributed by atoms with Crippen LogP contribution < -0.4 is 0 Å². The van der Waals surface area contributed by atoms with Gasteiger partial charge in [-0.2, -0.15) is 4.99 Å². The van der Waals surface area contributed by atoms with Crippen LogP contribution in [0.5, 0.6) is 0 Å². The molecule has 4 heteroatoms. The van der Waals surface area contributed by atoms with Crippen LogP contribution in [0.4, 0.5) is 0 Å². The molecule has 0 N–H and O–H groups in total. The van der Waals surface area contributed by atoms with Gasteiger partial charge in [-0.25, -0.2) is 0 Å². The SMILES string of the molecule is CC.CC.CCCCC(=NC(=O)c1cccc(Br)c1)OCC. The third-order valence-electron chi connectivity index (χ3n) is 2.35. The van der Waals surface area contributed by atoms with Gasteiger partial charge in [-0.05, 0) is 31.5 Å². The summed E-state index contributed by atoms with van der Waals surface area (Å²) in [6.45, 7) is 12.5. The van der Waals surface area contributed by atoms with E-state index in [1.165, 1.54) is 0 Å². The number of rotatable bonds is 5. The van der Waals surface area contributed by atoms with E-state index in [-0.39, 0.29) is 5.91 Å². The Hall–Kier alpha value is -1.16. The van der Waals surface area contributed by atoms with Crippen LogP contribution in [-0.2, 0) is 4.74 Å². The minimum atomic E-state index is -0.254. The average Bonchev–Trinajstić information content (AvgIpc) is 2.56. The average molecular weight is 372 g/mol. The largest absolute Gasteiger partial charge is 0.481 e. The maximum absolute atomic E-state index is 12.0. The van der Waals surface area contributed by atoms with Gasteiger partial charge in [-0.1, -0.05) is 63.0 Å². The van der Waals surface area contributed by atoms with E-state index in [0.29, 0.717) is 24.5 Å². The summed E-state index contributed by atoms with van der Waals surface area (Å²) < 4.78 is 6.25. The van der Waals surface area contributed by atoms with E-state index in [0.717, 1.165) is 17.3 Å². The number of carbonyl (C=O) groups is 1. The molecular weight excluding hydrogens is 342 g/mol. The summed E-state index contributed by atoms with van der Waals surface area (Å²) in [7, 11) is 0. The van der Waals surface area contributed by atoms with Gasteiger partial charge in [0.1, 0.15) is 0 Å². The lowest BCUT2D eigenvalue weighted by Gasteiger charge is -2.06. The van der Waals surface area contributed by atoms with Crippen molar-refractivity contribution in [1.29, 1.82) is 0 Å². The van der Waals surface area contributed by atoms with Crippen LogP contribution in [0.1, 0.15) is 71.2 Å². The van der Waals surface area contributed by atoms with Gasteiger partial charge in [0, 0.05) is 16.5 Å². The van der Waals surface area contributed by atoms with E-state index in [2.05, 4.69) is 27.8 Å². The maximum Gasteiger partial charge on any atom is 0.280 e. The number of amides is 1. The topological polar surface area (TPSA) is 38.7 Å². The van der Waals surface area contributed by atoms with Crippen LogP contribution in [0.3, 0.4) is 0 Å². The van der Waals surface area contributed by atoms with Crippen molar-refractivity contribution in [1.82, 2.24) is 0 Å². The minimum Gasteiger partial charge on any atom is -0.481 e. The summed E-state index contributed by atoms with van der Waals surface area (Å²) in [5.41, 5.74) is 0.568. The van der Waals surface area contributed by atoms with Gasteiger partial charge in [0.25, 0.3) is 5.91 Å². The molecule has 0 spiro atoms. The van der Waals surface area contributed by atoms with Crippen molar-refractivity contribution in [3.63, 3.8) is 0 Å². The van der Waals surface area contributed by atoms with Gasteiger partial charge in [-0.15, -0.1) is 0 Å². The number of carbonyl (C=O) groups excluding carboxylic acids is 1. The third-order valence-corrected chi connectivity index (χ3v) is 2.85. The first kappa shape index (κ1) is 23.1. The van der Waals surface area contributed by atoms with Crippen molar-refractivity contribution >= 4 is 27.7 Å². The molecular formula is C18H30BrNO2. The molecule has 1 rings (SSSR count). The molecule has 0 aliphatic heterocycles. The number of benzene rings is 1. The Bertz CT molecular complexity index is 431. The van der Waals surface area contributed by atoms with Crippen LogP contribution in [0.15, 0.2) is 33.7 Å². The molecule has 0 radical (unpaired) electrons. The predicted octanol–water partition coefficient (Wildman–Crippen LogP) is 6.27. The van der Waals surface area contributed by atoms with Gasteiger partial charge >= 0.3 is 0 Å². The number of ether oxygens (including phenoxy) is 1. The van der Waals surface area contributed by atoms with Crippen molar-refractivity contribution < 1.29 is 9.53 Å². The van der Waals surface area contributed by atoms with Crippen molar-refractivity contribution in [3.8, 4) is 0 Å². The van der Waals surface area contributed by atoms with Gasteiger partial charge in [0.05, 0.1) is 6.61 Å². The predicted molar refractivity (Wildman–Crippen MR) is 99.8 cm³/mol. The molecule has 0 saturated carbocycles. The molecule has 0 aliphatic rings. The molecule has 1 aromatic rings. The van der Waals surface area contributed by atoms with E-state index in [4.69, 9.17) is 4.74 Å². The van der Waals surface area contributed by atoms with Gasteiger partial charge in [0.2, 0.25) is 0 Å². The zero-order valence-electron chi connectivity index (χ0n) is 14.8.